The molecule has 0 spiro atoms. The van der Waals surface area contributed by atoms with Gasteiger partial charge in [0, 0.05) is 41.7 Å². The van der Waals surface area contributed by atoms with Crippen molar-refractivity contribution in [1.82, 2.24) is 10.2 Å². The van der Waals surface area contributed by atoms with E-state index in [0.29, 0.717) is 39.2 Å². The van der Waals surface area contributed by atoms with E-state index in [-0.39, 0.29) is 50.6 Å². The van der Waals surface area contributed by atoms with Crippen molar-refractivity contribution in [3.63, 3.8) is 0 Å². The molecule has 1 N–H and O–H groups in total. The molecule has 41 heavy (non-hydrogen) atoms. The fourth-order valence-electron chi connectivity index (χ4n) is 5.34. The van der Waals surface area contributed by atoms with Gasteiger partial charge in [0.15, 0.2) is 11.5 Å². The minimum Gasteiger partial charge on any atom is -0.454 e. The SMILES string of the molecule is CCC(C(=O)NC1CCCCC1)N(Cc1ccc(Cl)cc1Cl)C(=O)CCCN(c1ccc2c(c1)OCO2)S(C)(=O)=O. The number of ether oxygens (including phenoxy) is 2. The highest BCUT2D eigenvalue weighted by atomic mass is 35.5. The Morgan fingerprint density at radius 3 is 2.46 bits per heavy atom. The molecule has 2 amide bonds. The molecule has 1 atom stereocenters. The van der Waals surface area contributed by atoms with Gasteiger partial charge in [-0.2, -0.15) is 0 Å². The topological polar surface area (TPSA) is 105 Å². The number of halogens is 2. The molecule has 224 valence electrons. The lowest BCUT2D eigenvalue weighted by molar-refractivity contribution is -0.141. The molecule has 9 nitrogen and oxygen atoms in total. The van der Waals surface area contributed by atoms with Crippen LogP contribution in [0.15, 0.2) is 36.4 Å². The molecule has 2 aliphatic rings. The second kappa shape index (κ2) is 14.0. The van der Waals surface area contributed by atoms with Crippen molar-refractivity contribution in [3.05, 3.63) is 52.0 Å². The molecule has 1 fully saturated rings. The van der Waals surface area contributed by atoms with Crippen LogP contribution in [-0.4, -0.2) is 56.8 Å². The summed E-state index contributed by atoms with van der Waals surface area (Å²) in [4.78, 5) is 28.7. The Labute approximate surface area is 252 Å². The van der Waals surface area contributed by atoms with Crippen LogP contribution < -0.4 is 19.1 Å². The highest BCUT2D eigenvalue weighted by molar-refractivity contribution is 7.92. The van der Waals surface area contributed by atoms with Crippen LogP contribution in [0.4, 0.5) is 5.69 Å². The van der Waals surface area contributed by atoms with Crippen LogP contribution in [0.1, 0.15) is 63.9 Å². The molecule has 1 heterocycles. The number of hydrogen-bond donors (Lipinski definition) is 1. The van der Waals surface area contributed by atoms with E-state index in [1.54, 1.807) is 41.3 Å². The third kappa shape index (κ3) is 8.20. The van der Waals surface area contributed by atoms with E-state index in [0.717, 1.165) is 31.9 Å². The monoisotopic (exact) mass is 625 g/mol. The molecule has 0 saturated heterocycles. The number of hydrogen-bond acceptors (Lipinski definition) is 6. The fourth-order valence-corrected chi connectivity index (χ4v) is 6.77. The lowest BCUT2D eigenvalue weighted by atomic mass is 9.95. The van der Waals surface area contributed by atoms with E-state index in [9.17, 15) is 18.0 Å². The van der Waals surface area contributed by atoms with Gasteiger partial charge in [-0.05, 0) is 55.5 Å². The number of carbonyl (C=O) groups excluding carboxylic acids is 2. The molecular formula is C29H37Cl2N3O6S. The summed E-state index contributed by atoms with van der Waals surface area (Å²) in [6.07, 6.45) is 7.00. The number of fused-ring (bicyclic) bond motifs is 1. The summed E-state index contributed by atoms with van der Waals surface area (Å²) in [7, 11) is -3.64. The van der Waals surface area contributed by atoms with Crippen molar-refractivity contribution < 1.29 is 27.5 Å². The second-order valence-electron chi connectivity index (χ2n) is 10.5. The fraction of sp³-hybridized carbons (Fsp3) is 0.517. The van der Waals surface area contributed by atoms with Gasteiger partial charge in [-0.1, -0.05) is 55.5 Å². The first kappa shape index (κ1) is 31.3. The average Bonchev–Trinajstić information content (AvgIpc) is 3.40. The van der Waals surface area contributed by atoms with Crippen LogP contribution in [0.25, 0.3) is 0 Å². The molecule has 2 aromatic rings. The lowest BCUT2D eigenvalue weighted by Crippen LogP contribution is -2.51. The molecule has 0 radical (unpaired) electrons. The van der Waals surface area contributed by atoms with Crippen LogP contribution in [0.3, 0.4) is 0 Å². The smallest absolute Gasteiger partial charge is 0.243 e. The largest absolute Gasteiger partial charge is 0.454 e. The van der Waals surface area contributed by atoms with E-state index in [2.05, 4.69) is 5.32 Å². The van der Waals surface area contributed by atoms with Crippen LogP contribution in [0.2, 0.25) is 10.0 Å². The summed E-state index contributed by atoms with van der Waals surface area (Å²) in [5.41, 5.74) is 1.10. The first-order valence-corrected chi connectivity index (χ1v) is 16.6. The number of nitrogens with one attached hydrogen (secondary N) is 1. The molecular weight excluding hydrogens is 589 g/mol. The van der Waals surface area contributed by atoms with E-state index in [1.165, 1.54) is 10.7 Å². The number of rotatable bonds is 12. The van der Waals surface area contributed by atoms with Crippen molar-refractivity contribution >= 4 is 50.7 Å². The quantitative estimate of drug-likeness (QED) is 0.333. The molecule has 1 unspecified atom stereocenters. The van der Waals surface area contributed by atoms with Gasteiger partial charge in [0.1, 0.15) is 6.04 Å². The zero-order valence-electron chi connectivity index (χ0n) is 23.4. The molecule has 1 aliphatic carbocycles. The van der Waals surface area contributed by atoms with Crippen molar-refractivity contribution in [3.8, 4) is 11.5 Å². The van der Waals surface area contributed by atoms with Gasteiger partial charge in [0.25, 0.3) is 0 Å². The Kier molecular flexibility index (Phi) is 10.7. The van der Waals surface area contributed by atoms with Crippen molar-refractivity contribution in [1.29, 1.82) is 0 Å². The summed E-state index contributed by atoms with van der Waals surface area (Å²) >= 11 is 12.5. The Bertz CT molecular complexity index is 1350. The van der Waals surface area contributed by atoms with Crippen LogP contribution in [-0.2, 0) is 26.2 Å². The van der Waals surface area contributed by atoms with Crippen LogP contribution in [0.5, 0.6) is 11.5 Å². The standard InChI is InChI=1S/C29H37Cl2N3O6S/c1-3-25(29(36)32-22-8-5-4-6-9-22)33(18-20-11-12-21(30)16-24(20)31)28(35)10-7-15-34(41(2,37)38)23-13-14-26-27(17-23)40-19-39-26/h11-14,16-17,22,25H,3-10,15,18-19H2,1-2H3,(H,32,36). The van der Waals surface area contributed by atoms with E-state index >= 15 is 0 Å². The number of sulfonamides is 1. The third-order valence-corrected chi connectivity index (χ3v) is 9.27. The molecule has 4 rings (SSSR count). The molecule has 2 aromatic carbocycles. The predicted molar refractivity (Wildman–Crippen MR) is 160 cm³/mol. The van der Waals surface area contributed by atoms with Gasteiger partial charge in [-0.15, -0.1) is 0 Å². The molecule has 1 saturated carbocycles. The maximum atomic E-state index is 13.7. The van der Waals surface area contributed by atoms with Crippen LogP contribution in [0, 0.1) is 0 Å². The maximum absolute atomic E-state index is 13.7. The lowest BCUT2D eigenvalue weighted by Gasteiger charge is -2.33. The zero-order valence-corrected chi connectivity index (χ0v) is 25.7. The van der Waals surface area contributed by atoms with Gasteiger partial charge in [0.2, 0.25) is 28.6 Å². The van der Waals surface area contributed by atoms with Gasteiger partial charge in [0.05, 0.1) is 11.9 Å². The molecule has 1 aliphatic heterocycles. The number of carbonyl (C=O) groups is 2. The van der Waals surface area contributed by atoms with Gasteiger partial charge in [-0.3, -0.25) is 13.9 Å². The highest BCUT2D eigenvalue weighted by Crippen LogP contribution is 2.36. The summed E-state index contributed by atoms with van der Waals surface area (Å²) in [5, 5.41) is 4.04. The second-order valence-corrected chi connectivity index (χ2v) is 13.3. The van der Waals surface area contributed by atoms with Gasteiger partial charge >= 0.3 is 0 Å². The minimum atomic E-state index is -3.64. The first-order chi connectivity index (χ1) is 19.6. The number of nitrogens with zero attached hydrogens (tertiary/aromatic N) is 2. The van der Waals surface area contributed by atoms with E-state index in [4.69, 9.17) is 32.7 Å². The zero-order chi connectivity index (χ0) is 29.6. The Balaban J connectivity index is 1.50. The minimum absolute atomic E-state index is 0.0367. The summed E-state index contributed by atoms with van der Waals surface area (Å²) in [6, 6.07) is 9.39. The van der Waals surface area contributed by atoms with Crippen LogP contribution >= 0.6 is 23.2 Å². The van der Waals surface area contributed by atoms with E-state index < -0.39 is 16.1 Å². The maximum Gasteiger partial charge on any atom is 0.243 e. The normalized spacial score (nSPS) is 15.8. The summed E-state index contributed by atoms with van der Waals surface area (Å²) < 4.78 is 37.3. The van der Waals surface area contributed by atoms with Crippen molar-refractivity contribution in [2.24, 2.45) is 0 Å². The molecule has 0 bridgehead atoms. The predicted octanol–water partition coefficient (Wildman–Crippen LogP) is 5.52. The average molecular weight is 627 g/mol. The number of amides is 2. The Morgan fingerprint density at radius 2 is 1.78 bits per heavy atom. The summed E-state index contributed by atoms with van der Waals surface area (Å²) in [6.45, 7) is 2.15. The van der Waals surface area contributed by atoms with Crippen molar-refractivity contribution in [2.45, 2.75) is 76.9 Å². The number of benzene rings is 2. The third-order valence-electron chi connectivity index (χ3n) is 7.49. The molecule has 12 heteroatoms. The van der Waals surface area contributed by atoms with Gasteiger partial charge < -0.3 is 19.7 Å². The highest BCUT2D eigenvalue weighted by Gasteiger charge is 2.31. The number of anilines is 1. The van der Waals surface area contributed by atoms with E-state index in [1.807, 2.05) is 6.92 Å². The summed E-state index contributed by atoms with van der Waals surface area (Å²) in [5.74, 6) is 0.566. The van der Waals surface area contributed by atoms with Gasteiger partial charge in [-0.25, -0.2) is 8.42 Å². The Hall–Kier alpha value is -2.69. The molecule has 0 aromatic heterocycles. The first-order valence-electron chi connectivity index (χ1n) is 14.0. The van der Waals surface area contributed by atoms with Crippen molar-refractivity contribution in [2.75, 3.05) is 23.9 Å². The Morgan fingerprint density at radius 1 is 1.05 bits per heavy atom.